The van der Waals surface area contributed by atoms with Crippen LogP contribution in [0, 0.1) is 10.1 Å². The molecule has 0 unspecified atom stereocenters. The first kappa shape index (κ1) is 25.3. The number of nitro benzene ring substituents is 1. The zero-order chi connectivity index (χ0) is 24.9. The van der Waals surface area contributed by atoms with E-state index in [4.69, 9.17) is 14.2 Å². The molecule has 10 nitrogen and oxygen atoms in total. The minimum atomic E-state index is -0.587. The van der Waals surface area contributed by atoms with E-state index in [1.807, 2.05) is 18.2 Å². The summed E-state index contributed by atoms with van der Waals surface area (Å²) in [5.41, 5.74) is 0.315. The minimum absolute atomic E-state index is 0.0838. The number of methoxy groups -OCH3 is 2. The Bertz CT molecular complexity index is 1230. The van der Waals surface area contributed by atoms with Gasteiger partial charge in [-0.05, 0) is 24.6 Å². The van der Waals surface area contributed by atoms with Crippen molar-refractivity contribution < 1.29 is 23.9 Å². The zero-order valence-corrected chi connectivity index (χ0v) is 21.8. The van der Waals surface area contributed by atoms with Crippen molar-refractivity contribution in [1.82, 2.24) is 9.88 Å². The topological polar surface area (TPSA) is 107 Å². The van der Waals surface area contributed by atoms with E-state index >= 15 is 0 Å². The second-order valence-electron chi connectivity index (χ2n) is 7.85. The van der Waals surface area contributed by atoms with Crippen molar-refractivity contribution in [2.75, 3.05) is 58.5 Å². The fourth-order valence-corrected chi connectivity index (χ4v) is 5.44. The molecular weight excluding hydrogens is 540 g/mol. The molecule has 1 amide bonds. The van der Waals surface area contributed by atoms with Gasteiger partial charge in [0.15, 0.2) is 16.6 Å². The highest BCUT2D eigenvalue weighted by atomic mass is 79.9. The molecule has 0 spiro atoms. The van der Waals surface area contributed by atoms with Gasteiger partial charge in [0, 0.05) is 36.7 Å². The summed E-state index contributed by atoms with van der Waals surface area (Å²) in [6.07, 6.45) is 0.673. The molecule has 1 aliphatic rings. The van der Waals surface area contributed by atoms with Crippen LogP contribution in [0.3, 0.4) is 0 Å². The summed E-state index contributed by atoms with van der Waals surface area (Å²) in [7, 11) is 2.81. The fraction of sp³-hybridized carbons (Fsp3) is 0.391. The summed E-state index contributed by atoms with van der Waals surface area (Å²) in [6.45, 7) is 4.18. The number of hydrogen-bond acceptors (Lipinski definition) is 9. The number of rotatable bonds is 9. The standard InChI is InChI=1S/C23H25BrN4O6S/c1-32-19-13-16(18(28(30)31)14-20(19)33-2)22(29)27(7-3-6-26-8-10-34-11-9-26)23-25-17-5-4-15(24)12-21(17)35-23/h4-5,12-14H,3,6-11H2,1-2H3. The molecule has 186 valence electrons. The molecular formula is C23H25BrN4O6S. The number of carbonyl (C=O) groups is 1. The molecule has 0 radical (unpaired) electrons. The number of benzene rings is 2. The monoisotopic (exact) mass is 564 g/mol. The minimum Gasteiger partial charge on any atom is -0.493 e. The Balaban J connectivity index is 1.70. The van der Waals surface area contributed by atoms with Gasteiger partial charge in [0.2, 0.25) is 0 Å². The third kappa shape index (κ3) is 5.72. The molecule has 1 fully saturated rings. The number of halogens is 1. The van der Waals surface area contributed by atoms with E-state index in [0.29, 0.717) is 31.3 Å². The molecule has 1 aromatic heterocycles. The van der Waals surface area contributed by atoms with E-state index in [-0.39, 0.29) is 22.7 Å². The number of morpholine rings is 1. The van der Waals surface area contributed by atoms with Crippen LogP contribution in [0.25, 0.3) is 10.2 Å². The Morgan fingerprint density at radius 3 is 2.63 bits per heavy atom. The van der Waals surface area contributed by atoms with E-state index in [1.54, 1.807) is 0 Å². The van der Waals surface area contributed by atoms with Crippen molar-refractivity contribution in [3.63, 3.8) is 0 Å². The lowest BCUT2D eigenvalue weighted by Crippen LogP contribution is -2.39. The van der Waals surface area contributed by atoms with Gasteiger partial charge in [-0.3, -0.25) is 24.7 Å². The third-order valence-corrected chi connectivity index (χ3v) is 7.24. The number of carbonyl (C=O) groups excluding carboxylic acids is 1. The van der Waals surface area contributed by atoms with Crippen LogP contribution in [0.15, 0.2) is 34.8 Å². The summed E-state index contributed by atoms with van der Waals surface area (Å²) in [5, 5.41) is 12.3. The van der Waals surface area contributed by atoms with E-state index in [0.717, 1.165) is 34.3 Å². The molecule has 1 aliphatic heterocycles. The molecule has 0 N–H and O–H groups in total. The molecule has 0 bridgehead atoms. The number of anilines is 1. The first-order valence-corrected chi connectivity index (χ1v) is 12.6. The van der Waals surface area contributed by atoms with Crippen LogP contribution < -0.4 is 14.4 Å². The quantitative estimate of drug-likeness (QED) is 0.279. The second kappa shape index (κ2) is 11.3. The number of nitro groups is 1. The molecule has 2 aromatic carbocycles. The lowest BCUT2D eigenvalue weighted by atomic mass is 10.1. The maximum atomic E-state index is 13.8. The molecule has 0 aliphatic carbocycles. The number of aromatic nitrogens is 1. The van der Waals surface area contributed by atoms with Crippen LogP contribution in [0.2, 0.25) is 0 Å². The van der Waals surface area contributed by atoms with Crippen LogP contribution in [0.1, 0.15) is 16.8 Å². The Morgan fingerprint density at radius 2 is 1.94 bits per heavy atom. The lowest BCUT2D eigenvalue weighted by Gasteiger charge is -2.27. The second-order valence-corrected chi connectivity index (χ2v) is 9.78. The SMILES string of the molecule is COc1cc(C(=O)N(CCCN2CCOCC2)c2nc3ccc(Br)cc3s2)c([N+](=O)[O-])cc1OC. The van der Waals surface area contributed by atoms with Gasteiger partial charge in [-0.2, -0.15) is 0 Å². The molecule has 4 rings (SSSR count). The molecule has 0 saturated carbocycles. The molecule has 3 aromatic rings. The number of hydrogen-bond donors (Lipinski definition) is 0. The summed E-state index contributed by atoms with van der Waals surface area (Å²) in [5.74, 6) is -0.0971. The van der Waals surface area contributed by atoms with Crippen molar-refractivity contribution in [2.45, 2.75) is 6.42 Å². The van der Waals surface area contributed by atoms with Crippen LogP contribution in [0.5, 0.6) is 11.5 Å². The molecule has 2 heterocycles. The number of fused-ring (bicyclic) bond motifs is 1. The van der Waals surface area contributed by atoms with Gasteiger partial charge in [0.05, 0.1) is 48.6 Å². The molecule has 0 atom stereocenters. The van der Waals surface area contributed by atoms with Crippen molar-refractivity contribution in [1.29, 1.82) is 0 Å². The van der Waals surface area contributed by atoms with E-state index in [1.165, 1.54) is 42.6 Å². The Labute approximate surface area is 214 Å². The van der Waals surface area contributed by atoms with Crippen LogP contribution in [-0.2, 0) is 4.74 Å². The van der Waals surface area contributed by atoms with Crippen LogP contribution in [0.4, 0.5) is 10.8 Å². The number of amides is 1. The maximum Gasteiger partial charge on any atom is 0.286 e. The highest BCUT2D eigenvalue weighted by Crippen LogP contribution is 2.37. The number of nitrogens with zero attached hydrogens (tertiary/aromatic N) is 4. The van der Waals surface area contributed by atoms with E-state index < -0.39 is 10.8 Å². The summed E-state index contributed by atoms with van der Waals surface area (Å²) in [6, 6.07) is 8.27. The van der Waals surface area contributed by atoms with Crippen molar-refractivity contribution in [2.24, 2.45) is 0 Å². The van der Waals surface area contributed by atoms with E-state index in [2.05, 4.69) is 25.8 Å². The van der Waals surface area contributed by atoms with Gasteiger partial charge in [-0.15, -0.1) is 0 Å². The highest BCUT2D eigenvalue weighted by molar-refractivity contribution is 9.10. The van der Waals surface area contributed by atoms with Gasteiger partial charge in [-0.1, -0.05) is 27.3 Å². The van der Waals surface area contributed by atoms with Crippen molar-refractivity contribution in [3.05, 3.63) is 50.5 Å². The predicted molar refractivity (Wildman–Crippen MR) is 137 cm³/mol. The predicted octanol–water partition coefficient (Wildman–Crippen LogP) is 4.35. The average molecular weight is 565 g/mol. The zero-order valence-electron chi connectivity index (χ0n) is 19.4. The maximum absolute atomic E-state index is 13.8. The lowest BCUT2D eigenvalue weighted by molar-refractivity contribution is -0.385. The van der Waals surface area contributed by atoms with Gasteiger partial charge < -0.3 is 14.2 Å². The van der Waals surface area contributed by atoms with Crippen LogP contribution in [-0.4, -0.2) is 74.3 Å². The molecule has 35 heavy (non-hydrogen) atoms. The van der Waals surface area contributed by atoms with Crippen molar-refractivity contribution in [3.8, 4) is 11.5 Å². The number of ether oxygens (including phenoxy) is 3. The van der Waals surface area contributed by atoms with Gasteiger partial charge in [-0.25, -0.2) is 4.98 Å². The molecule has 12 heteroatoms. The average Bonchev–Trinajstić information content (AvgIpc) is 3.28. The summed E-state index contributed by atoms with van der Waals surface area (Å²) in [4.78, 5) is 33.5. The van der Waals surface area contributed by atoms with Gasteiger partial charge in [0.25, 0.3) is 11.6 Å². The first-order valence-electron chi connectivity index (χ1n) is 11.0. The first-order chi connectivity index (χ1) is 16.9. The van der Waals surface area contributed by atoms with Crippen molar-refractivity contribution >= 4 is 54.2 Å². The Hall–Kier alpha value is -2.80. The Morgan fingerprint density at radius 1 is 1.23 bits per heavy atom. The van der Waals surface area contributed by atoms with E-state index in [9.17, 15) is 14.9 Å². The summed E-state index contributed by atoms with van der Waals surface area (Å²) < 4.78 is 17.7. The van der Waals surface area contributed by atoms with Gasteiger partial charge in [0.1, 0.15) is 5.56 Å². The van der Waals surface area contributed by atoms with Crippen LogP contribution >= 0.6 is 27.3 Å². The smallest absolute Gasteiger partial charge is 0.286 e. The normalized spacial score (nSPS) is 14.1. The van der Waals surface area contributed by atoms with Gasteiger partial charge >= 0.3 is 0 Å². The largest absolute Gasteiger partial charge is 0.493 e. The highest BCUT2D eigenvalue weighted by Gasteiger charge is 2.30. The molecule has 1 saturated heterocycles. The summed E-state index contributed by atoms with van der Waals surface area (Å²) >= 11 is 4.83. The number of thiazole rings is 1. The fourth-order valence-electron chi connectivity index (χ4n) is 3.90. The third-order valence-electron chi connectivity index (χ3n) is 5.70. The Kier molecular flexibility index (Phi) is 8.16.